The van der Waals surface area contributed by atoms with Crippen LogP contribution >= 0.6 is 11.6 Å². The molecule has 1 aromatic carbocycles. The van der Waals surface area contributed by atoms with Crippen molar-refractivity contribution in [3.63, 3.8) is 0 Å². The minimum Gasteiger partial charge on any atom is -0.265 e. The molecule has 2 nitrogen and oxygen atoms in total. The van der Waals surface area contributed by atoms with Crippen LogP contribution in [0.1, 0.15) is 42.1 Å². The molecule has 2 aromatic rings. The number of nitrogens with zero attached hydrogens (tertiary/aromatic N) is 2. The molecule has 0 unspecified atom stereocenters. The molecule has 0 atom stereocenters. The quantitative estimate of drug-likeness (QED) is 0.759. The number of aromatic nitrogens is 2. The zero-order chi connectivity index (χ0) is 13.1. The summed E-state index contributed by atoms with van der Waals surface area (Å²) in [5.74, 6) is 0.964. The molecule has 0 saturated heterocycles. The molecular weight excluding hydrogens is 244 g/mol. The van der Waals surface area contributed by atoms with Crippen molar-refractivity contribution in [2.45, 2.75) is 39.1 Å². The van der Waals surface area contributed by atoms with E-state index in [4.69, 9.17) is 11.6 Å². The van der Waals surface area contributed by atoms with Gasteiger partial charge in [-0.05, 0) is 24.0 Å². The number of hydrogen-bond acceptors (Lipinski definition) is 1. The lowest BCUT2D eigenvalue weighted by Gasteiger charge is -2.13. The zero-order valence-corrected chi connectivity index (χ0v) is 11.9. The Kier molecular flexibility index (Phi) is 4.07. The maximum atomic E-state index is 5.97. The third kappa shape index (κ3) is 2.59. The molecule has 1 aromatic heterocycles. The van der Waals surface area contributed by atoms with Crippen LogP contribution in [0.4, 0.5) is 0 Å². The normalized spacial score (nSPS) is 11.2. The second kappa shape index (κ2) is 5.57. The molecule has 0 N–H and O–H groups in total. The average Bonchev–Trinajstić information content (AvgIpc) is 2.75. The molecule has 0 aliphatic carbocycles. The summed E-state index contributed by atoms with van der Waals surface area (Å²) in [5.41, 5.74) is 4.99. The van der Waals surface area contributed by atoms with E-state index >= 15 is 0 Å². The van der Waals surface area contributed by atoms with Gasteiger partial charge in [0.2, 0.25) is 0 Å². The maximum absolute atomic E-state index is 5.97. The van der Waals surface area contributed by atoms with E-state index in [0.717, 1.165) is 12.1 Å². The Hall–Kier alpha value is -1.28. The lowest BCUT2D eigenvalue weighted by atomic mass is 10.1. The molecular formula is C15H19ClN2. The van der Waals surface area contributed by atoms with Gasteiger partial charge in [0.05, 0.1) is 18.6 Å². The lowest BCUT2D eigenvalue weighted by molar-refractivity contribution is 0.613. The Labute approximate surface area is 114 Å². The van der Waals surface area contributed by atoms with Crippen molar-refractivity contribution < 1.29 is 0 Å². The van der Waals surface area contributed by atoms with Crippen LogP contribution in [-0.2, 0) is 12.4 Å². The van der Waals surface area contributed by atoms with E-state index < -0.39 is 0 Å². The summed E-state index contributed by atoms with van der Waals surface area (Å²) in [7, 11) is 0. The molecule has 2 rings (SSSR count). The summed E-state index contributed by atoms with van der Waals surface area (Å²) in [6.07, 6.45) is 1.89. The van der Waals surface area contributed by atoms with Crippen molar-refractivity contribution in [1.82, 2.24) is 9.78 Å². The molecule has 0 spiro atoms. The van der Waals surface area contributed by atoms with Crippen LogP contribution in [-0.4, -0.2) is 9.78 Å². The fraction of sp³-hybridized carbons (Fsp3) is 0.400. The summed E-state index contributed by atoms with van der Waals surface area (Å²) >= 11 is 5.97. The largest absolute Gasteiger partial charge is 0.265 e. The molecule has 0 aliphatic rings. The van der Waals surface area contributed by atoms with Crippen LogP contribution in [0.25, 0.3) is 0 Å². The zero-order valence-electron chi connectivity index (χ0n) is 11.2. The van der Waals surface area contributed by atoms with Crippen LogP contribution in [0.15, 0.2) is 30.5 Å². The van der Waals surface area contributed by atoms with Gasteiger partial charge >= 0.3 is 0 Å². The fourth-order valence-corrected chi connectivity index (χ4v) is 2.49. The highest BCUT2D eigenvalue weighted by atomic mass is 35.5. The Morgan fingerprint density at radius 3 is 2.56 bits per heavy atom. The van der Waals surface area contributed by atoms with E-state index in [9.17, 15) is 0 Å². The smallest absolute Gasteiger partial charge is 0.0665 e. The maximum Gasteiger partial charge on any atom is 0.0665 e. The molecule has 96 valence electrons. The number of halogens is 1. The molecule has 1 heterocycles. The molecule has 0 aliphatic heterocycles. The summed E-state index contributed by atoms with van der Waals surface area (Å²) in [6.45, 7) is 7.32. The topological polar surface area (TPSA) is 17.8 Å². The van der Waals surface area contributed by atoms with Gasteiger partial charge in [0, 0.05) is 11.3 Å². The second-order valence-corrected chi connectivity index (χ2v) is 5.19. The van der Waals surface area contributed by atoms with Crippen LogP contribution in [0, 0.1) is 6.92 Å². The number of hydrogen-bond donors (Lipinski definition) is 0. The molecule has 0 fully saturated rings. The number of benzene rings is 1. The number of aryl methyl sites for hydroxylation is 1. The van der Waals surface area contributed by atoms with Gasteiger partial charge in [0.25, 0.3) is 0 Å². The van der Waals surface area contributed by atoms with E-state index in [2.05, 4.69) is 54.8 Å². The summed E-state index contributed by atoms with van der Waals surface area (Å²) in [6, 6.07) is 8.43. The van der Waals surface area contributed by atoms with Gasteiger partial charge in [-0.1, -0.05) is 38.1 Å². The second-order valence-electron chi connectivity index (χ2n) is 4.93. The highest BCUT2D eigenvalue weighted by Gasteiger charge is 2.14. The summed E-state index contributed by atoms with van der Waals surface area (Å²) in [4.78, 5) is 0. The van der Waals surface area contributed by atoms with E-state index in [1.54, 1.807) is 0 Å². The Bertz CT molecular complexity index is 529. The van der Waals surface area contributed by atoms with Gasteiger partial charge in [0.15, 0.2) is 0 Å². The number of rotatable bonds is 4. The monoisotopic (exact) mass is 262 g/mol. The van der Waals surface area contributed by atoms with E-state index in [1.807, 2.05) is 6.20 Å². The Morgan fingerprint density at radius 2 is 1.94 bits per heavy atom. The first kappa shape index (κ1) is 13.2. The molecule has 0 amide bonds. The van der Waals surface area contributed by atoms with E-state index in [-0.39, 0.29) is 0 Å². The Balaban J connectivity index is 2.35. The predicted molar refractivity (Wildman–Crippen MR) is 76.2 cm³/mol. The highest BCUT2D eigenvalue weighted by molar-refractivity contribution is 6.17. The van der Waals surface area contributed by atoms with E-state index in [0.29, 0.717) is 11.8 Å². The molecule has 0 bridgehead atoms. The Morgan fingerprint density at radius 1 is 1.22 bits per heavy atom. The van der Waals surface area contributed by atoms with Crippen molar-refractivity contribution in [3.8, 4) is 0 Å². The van der Waals surface area contributed by atoms with Crippen LogP contribution in [0.3, 0.4) is 0 Å². The number of alkyl halides is 1. The highest BCUT2D eigenvalue weighted by Crippen LogP contribution is 2.22. The molecule has 3 heteroatoms. The van der Waals surface area contributed by atoms with Crippen molar-refractivity contribution in [1.29, 1.82) is 0 Å². The van der Waals surface area contributed by atoms with E-state index in [1.165, 1.54) is 16.8 Å². The van der Waals surface area contributed by atoms with Gasteiger partial charge in [-0.2, -0.15) is 5.10 Å². The first-order valence-electron chi connectivity index (χ1n) is 6.28. The van der Waals surface area contributed by atoms with Crippen molar-refractivity contribution >= 4 is 11.6 Å². The van der Waals surface area contributed by atoms with Gasteiger partial charge < -0.3 is 0 Å². The SMILES string of the molecule is Cc1ccccc1Cn1ncc(CCl)c1C(C)C. The average molecular weight is 263 g/mol. The van der Waals surface area contributed by atoms with Crippen molar-refractivity contribution in [2.24, 2.45) is 0 Å². The predicted octanol–water partition coefficient (Wildman–Crippen LogP) is 4.10. The third-order valence-corrected chi connectivity index (χ3v) is 3.52. The first-order valence-corrected chi connectivity index (χ1v) is 6.82. The third-order valence-electron chi connectivity index (χ3n) is 3.23. The minimum atomic E-state index is 0.435. The summed E-state index contributed by atoms with van der Waals surface area (Å²) < 4.78 is 2.07. The van der Waals surface area contributed by atoms with Gasteiger partial charge in [0.1, 0.15) is 0 Å². The van der Waals surface area contributed by atoms with Crippen LogP contribution in [0.2, 0.25) is 0 Å². The fourth-order valence-electron chi connectivity index (χ4n) is 2.28. The van der Waals surface area contributed by atoms with Gasteiger partial charge in [-0.3, -0.25) is 4.68 Å². The summed E-state index contributed by atoms with van der Waals surface area (Å²) in [5, 5.41) is 4.48. The molecule has 0 saturated carbocycles. The standard InChI is InChI=1S/C15H19ClN2/c1-11(2)15-14(8-16)9-17-18(15)10-13-7-5-4-6-12(13)3/h4-7,9,11H,8,10H2,1-3H3. The molecule has 18 heavy (non-hydrogen) atoms. The van der Waals surface area contributed by atoms with Crippen molar-refractivity contribution in [2.75, 3.05) is 0 Å². The van der Waals surface area contributed by atoms with Gasteiger partial charge in [-0.15, -0.1) is 11.6 Å². The van der Waals surface area contributed by atoms with Crippen molar-refractivity contribution in [3.05, 3.63) is 52.8 Å². The van der Waals surface area contributed by atoms with Crippen LogP contribution in [0.5, 0.6) is 0 Å². The lowest BCUT2D eigenvalue weighted by Crippen LogP contribution is -2.09. The molecule has 0 radical (unpaired) electrons. The van der Waals surface area contributed by atoms with Crippen LogP contribution < -0.4 is 0 Å². The van der Waals surface area contributed by atoms with Gasteiger partial charge in [-0.25, -0.2) is 0 Å². The first-order chi connectivity index (χ1) is 8.63. The minimum absolute atomic E-state index is 0.435.